The number of halogens is 1. The van der Waals surface area contributed by atoms with Crippen molar-refractivity contribution in [3.8, 4) is 27.8 Å². The number of carbonyl (C=O) groups excluding carboxylic acids is 1. The van der Waals surface area contributed by atoms with E-state index in [9.17, 15) is 4.79 Å². The van der Waals surface area contributed by atoms with Gasteiger partial charge in [0.15, 0.2) is 11.5 Å². The monoisotopic (exact) mass is 467 g/mol. The minimum atomic E-state index is -0.208. The lowest BCUT2D eigenvalue weighted by molar-refractivity contribution is 0.0946. The van der Waals surface area contributed by atoms with E-state index in [2.05, 4.69) is 10.4 Å². The number of amides is 1. The number of rotatable bonds is 8. The van der Waals surface area contributed by atoms with E-state index in [0.29, 0.717) is 35.2 Å². The van der Waals surface area contributed by atoms with Gasteiger partial charge in [-0.1, -0.05) is 29.8 Å². The zero-order valence-corrected chi connectivity index (χ0v) is 19.2. The molecule has 0 unspecified atom stereocenters. The van der Waals surface area contributed by atoms with Crippen molar-refractivity contribution in [3.63, 3.8) is 0 Å². The van der Waals surface area contributed by atoms with Crippen LogP contribution in [0, 0.1) is 0 Å². The smallest absolute Gasteiger partial charge is 0.270 e. The number of thiophene rings is 1. The van der Waals surface area contributed by atoms with Gasteiger partial charge < -0.3 is 14.8 Å². The summed E-state index contributed by atoms with van der Waals surface area (Å²) in [4.78, 5) is 14.1. The fraction of sp³-hybridized carbons (Fsp3) is 0.167. The van der Waals surface area contributed by atoms with Crippen molar-refractivity contribution in [3.05, 3.63) is 82.3 Å². The largest absolute Gasteiger partial charge is 0.493 e. The molecular formula is C24H22ClN3O3S. The van der Waals surface area contributed by atoms with Crippen molar-refractivity contribution in [2.45, 2.75) is 6.42 Å². The van der Waals surface area contributed by atoms with Gasteiger partial charge >= 0.3 is 0 Å². The normalized spacial score (nSPS) is 10.7. The highest BCUT2D eigenvalue weighted by molar-refractivity contribution is 7.13. The highest BCUT2D eigenvalue weighted by Crippen LogP contribution is 2.28. The predicted octanol–water partition coefficient (Wildman–Crippen LogP) is 5.24. The lowest BCUT2D eigenvalue weighted by atomic mass is 10.1. The molecule has 0 spiro atoms. The number of hydrogen-bond donors (Lipinski definition) is 1. The molecule has 2 heterocycles. The topological polar surface area (TPSA) is 65.4 Å². The molecule has 4 rings (SSSR count). The lowest BCUT2D eigenvalue weighted by Gasteiger charge is -2.11. The van der Waals surface area contributed by atoms with E-state index in [0.717, 1.165) is 21.8 Å². The van der Waals surface area contributed by atoms with Crippen molar-refractivity contribution < 1.29 is 14.3 Å². The van der Waals surface area contributed by atoms with Gasteiger partial charge in [0.05, 0.1) is 24.8 Å². The molecule has 0 saturated heterocycles. The summed E-state index contributed by atoms with van der Waals surface area (Å²) in [6.07, 6.45) is 0.648. The highest BCUT2D eigenvalue weighted by atomic mass is 35.5. The average Bonchev–Trinajstić information content (AvgIpc) is 3.49. The van der Waals surface area contributed by atoms with Crippen LogP contribution in [0.5, 0.6) is 11.5 Å². The molecule has 164 valence electrons. The quantitative estimate of drug-likeness (QED) is 0.384. The number of nitrogens with one attached hydrogen (secondary N) is 1. The van der Waals surface area contributed by atoms with Crippen LogP contribution in [-0.2, 0) is 6.42 Å². The Labute approximate surface area is 195 Å². The predicted molar refractivity (Wildman–Crippen MR) is 127 cm³/mol. The first-order valence-electron chi connectivity index (χ1n) is 9.98. The summed E-state index contributed by atoms with van der Waals surface area (Å²) >= 11 is 7.75. The minimum absolute atomic E-state index is 0.208. The van der Waals surface area contributed by atoms with Crippen LogP contribution in [0.4, 0.5) is 0 Å². The van der Waals surface area contributed by atoms with Gasteiger partial charge in [-0.2, -0.15) is 5.10 Å². The molecule has 0 radical (unpaired) electrons. The number of hydrogen-bond acceptors (Lipinski definition) is 5. The van der Waals surface area contributed by atoms with Crippen LogP contribution < -0.4 is 14.8 Å². The van der Waals surface area contributed by atoms with E-state index in [4.69, 9.17) is 21.1 Å². The van der Waals surface area contributed by atoms with Crippen molar-refractivity contribution in [2.75, 3.05) is 20.8 Å². The molecule has 6 nitrogen and oxygen atoms in total. The van der Waals surface area contributed by atoms with Gasteiger partial charge in [0.25, 0.3) is 5.91 Å². The molecule has 32 heavy (non-hydrogen) atoms. The molecular weight excluding hydrogens is 446 g/mol. The van der Waals surface area contributed by atoms with Gasteiger partial charge in [-0.15, -0.1) is 11.3 Å². The Morgan fingerprint density at radius 1 is 1.06 bits per heavy atom. The van der Waals surface area contributed by atoms with Crippen LogP contribution >= 0.6 is 22.9 Å². The van der Waals surface area contributed by atoms with Crippen molar-refractivity contribution in [2.24, 2.45) is 0 Å². The van der Waals surface area contributed by atoms with Gasteiger partial charge in [0.2, 0.25) is 0 Å². The fourth-order valence-corrected chi connectivity index (χ4v) is 4.21. The first kappa shape index (κ1) is 21.9. The summed E-state index contributed by atoms with van der Waals surface area (Å²) in [6, 6.07) is 18.8. The zero-order valence-electron chi connectivity index (χ0n) is 17.7. The third-order valence-electron chi connectivity index (χ3n) is 4.92. The molecule has 1 amide bonds. The average molecular weight is 468 g/mol. The van der Waals surface area contributed by atoms with Crippen LogP contribution in [-0.4, -0.2) is 36.5 Å². The number of benzene rings is 2. The SMILES string of the molecule is COc1ccc(CCNC(=O)c2cc(-c3cccs3)nn2-c2cccc(Cl)c2)cc1OC. The van der Waals surface area contributed by atoms with E-state index in [1.807, 2.05) is 47.8 Å². The maximum Gasteiger partial charge on any atom is 0.270 e. The number of nitrogens with zero attached hydrogens (tertiary/aromatic N) is 2. The fourth-order valence-electron chi connectivity index (χ4n) is 3.34. The van der Waals surface area contributed by atoms with E-state index >= 15 is 0 Å². The summed E-state index contributed by atoms with van der Waals surface area (Å²) < 4.78 is 12.3. The summed E-state index contributed by atoms with van der Waals surface area (Å²) in [5.74, 6) is 1.13. The van der Waals surface area contributed by atoms with E-state index in [-0.39, 0.29) is 5.91 Å². The minimum Gasteiger partial charge on any atom is -0.493 e. The Hall–Kier alpha value is -3.29. The zero-order chi connectivity index (χ0) is 22.5. The van der Waals surface area contributed by atoms with Crippen molar-refractivity contribution in [1.29, 1.82) is 0 Å². The summed E-state index contributed by atoms with van der Waals surface area (Å²) in [5, 5.41) is 10.2. The molecule has 0 atom stereocenters. The highest BCUT2D eigenvalue weighted by Gasteiger charge is 2.18. The van der Waals surface area contributed by atoms with E-state index in [1.165, 1.54) is 0 Å². The molecule has 0 aliphatic heterocycles. The number of methoxy groups -OCH3 is 2. The van der Waals surface area contributed by atoms with Crippen molar-refractivity contribution >= 4 is 28.8 Å². The summed E-state index contributed by atoms with van der Waals surface area (Å²) in [7, 11) is 3.21. The molecule has 2 aromatic carbocycles. The molecule has 0 aliphatic carbocycles. The second-order valence-corrected chi connectivity index (χ2v) is 8.36. The Morgan fingerprint density at radius 3 is 2.62 bits per heavy atom. The molecule has 0 aliphatic rings. The number of ether oxygens (including phenoxy) is 2. The standard InChI is InChI=1S/C24H22ClN3O3S/c1-30-21-9-8-16(13-22(21)31-2)10-11-26-24(29)20-15-19(23-7-4-12-32-23)27-28(20)18-6-3-5-17(25)14-18/h3-9,12-15H,10-11H2,1-2H3,(H,26,29). The molecule has 0 saturated carbocycles. The van der Waals surface area contributed by atoms with E-state index < -0.39 is 0 Å². The van der Waals surface area contributed by atoms with Crippen LogP contribution in [0.15, 0.2) is 66.0 Å². The summed E-state index contributed by atoms with van der Waals surface area (Å²) in [6.45, 7) is 0.462. The van der Waals surface area contributed by atoms with Crippen LogP contribution in [0.2, 0.25) is 5.02 Å². The maximum absolute atomic E-state index is 13.1. The first-order chi connectivity index (χ1) is 15.6. The lowest BCUT2D eigenvalue weighted by Crippen LogP contribution is -2.27. The van der Waals surface area contributed by atoms with Gasteiger partial charge in [0, 0.05) is 11.6 Å². The Bertz CT molecular complexity index is 1220. The second-order valence-electron chi connectivity index (χ2n) is 6.98. The molecule has 0 fully saturated rings. The van der Waals surface area contributed by atoms with Crippen molar-refractivity contribution in [1.82, 2.24) is 15.1 Å². The maximum atomic E-state index is 13.1. The van der Waals surface area contributed by atoms with Crippen LogP contribution in [0.25, 0.3) is 16.3 Å². The third-order valence-corrected chi connectivity index (χ3v) is 6.04. The molecule has 8 heteroatoms. The number of aromatic nitrogens is 2. The Balaban J connectivity index is 1.54. The molecule has 0 bridgehead atoms. The van der Waals surface area contributed by atoms with E-state index in [1.54, 1.807) is 48.4 Å². The molecule has 1 N–H and O–H groups in total. The second kappa shape index (κ2) is 9.89. The first-order valence-corrected chi connectivity index (χ1v) is 11.2. The van der Waals surface area contributed by atoms with Crippen LogP contribution in [0.3, 0.4) is 0 Å². The van der Waals surface area contributed by atoms with Crippen LogP contribution in [0.1, 0.15) is 16.1 Å². The van der Waals surface area contributed by atoms with Gasteiger partial charge in [-0.25, -0.2) is 4.68 Å². The van der Waals surface area contributed by atoms with Gasteiger partial charge in [0.1, 0.15) is 11.4 Å². The molecule has 4 aromatic rings. The third kappa shape index (κ3) is 4.79. The van der Waals surface area contributed by atoms with Gasteiger partial charge in [-0.05, 0) is 59.8 Å². The van der Waals surface area contributed by atoms with Gasteiger partial charge in [-0.3, -0.25) is 4.79 Å². The summed E-state index contributed by atoms with van der Waals surface area (Å²) in [5.41, 5.74) is 2.95. The number of carbonyl (C=O) groups is 1. The Kier molecular flexibility index (Phi) is 6.78. The molecule has 2 aromatic heterocycles. The Morgan fingerprint density at radius 2 is 1.91 bits per heavy atom.